The molecule has 37 heavy (non-hydrogen) atoms. The first kappa shape index (κ1) is 23.1. The Balaban J connectivity index is 1.38. The quantitative estimate of drug-likeness (QED) is 0.472. The molecule has 1 N–H and O–H groups in total. The van der Waals surface area contributed by atoms with Gasteiger partial charge < -0.3 is 19.5 Å². The van der Waals surface area contributed by atoms with E-state index in [1.54, 1.807) is 0 Å². The first-order valence-electron chi connectivity index (χ1n) is 12.5. The average molecular weight is 494 g/mol. The van der Waals surface area contributed by atoms with Gasteiger partial charge in [-0.1, -0.05) is 66.7 Å². The predicted octanol–water partition coefficient (Wildman–Crippen LogP) is 5.52. The Kier molecular flexibility index (Phi) is 6.01. The molecule has 0 saturated heterocycles. The number of ether oxygens (including phenoxy) is 3. The molecule has 6 rings (SSSR count). The van der Waals surface area contributed by atoms with Crippen LogP contribution in [0, 0.1) is 0 Å². The van der Waals surface area contributed by atoms with Crippen molar-refractivity contribution in [3.63, 3.8) is 0 Å². The Morgan fingerprint density at radius 2 is 1.65 bits per heavy atom. The minimum absolute atomic E-state index is 0.0335. The number of carbonyl (C=O) groups excluding carboxylic acids is 2. The number of fused-ring (bicyclic) bond motifs is 1. The second kappa shape index (κ2) is 9.62. The number of benzene rings is 3. The van der Waals surface area contributed by atoms with Crippen molar-refractivity contribution >= 4 is 11.8 Å². The Hall–Kier alpha value is -4.32. The number of hydrogen-bond acceptors (Lipinski definition) is 6. The maximum absolute atomic E-state index is 13.8. The third-order valence-corrected chi connectivity index (χ3v) is 7.26. The van der Waals surface area contributed by atoms with Crippen molar-refractivity contribution in [3.8, 4) is 11.5 Å². The number of dihydropyridines is 1. The van der Waals surface area contributed by atoms with E-state index in [0.29, 0.717) is 41.2 Å². The summed E-state index contributed by atoms with van der Waals surface area (Å²) in [7, 11) is 0. The highest BCUT2D eigenvalue weighted by Gasteiger charge is 2.41. The number of hydrogen-bond donors (Lipinski definition) is 1. The summed E-state index contributed by atoms with van der Waals surface area (Å²) in [6.07, 6.45) is 1.08. The maximum atomic E-state index is 13.8. The lowest BCUT2D eigenvalue weighted by atomic mass is 9.71. The Morgan fingerprint density at radius 1 is 0.919 bits per heavy atom. The van der Waals surface area contributed by atoms with E-state index >= 15 is 0 Å². The van der Waals surface area contributed by atoms with E-state index in [4.69, 9.17) is 14.2 Å². The fourth-order valence-corrected chi connectivity index (χ4v) is 5.50. The van der Waals surface area contributed by atoms with Gasteiger partial charge in [0.05, 0.1) is 5.57 Å². The molecule has 2 heterocycles. The standard InChI is InChI=1S/C31H27NO5/c1-19-28(31(34)35-17-20-8-4-2-5-9-20)29(22-12-13-26-27(16-22)37-18-36-26)30-24(32-19)14-23(15-25(30)33)21-10-6-3-7-11-21/h2-13,16,23,29,32H,14-15,17-18H2,1H3/t23-,29-/m1/s1. The smallest absolute Gasteiger partial charge is 0.337 e. The molecule has 0 bridgehead atoms. The summed E-state index contributed by atoms with van der Waals surface area (Å²) in [5, 5.41) is 3.41. The van der Waals surface area contributed by atoms with Gasteiger partial charge in [0.2, 0.25) is 6.79 Å². The van der Waals surface area contributed by atoms with Crippen molar-refractivity contribution in [3.05, 3.63) is 118 Å². The van der Waals surface area contributed by atoms with Gasteiger partial charge in [-0.25, -0.2) is 4.79 Å². The minimum atomic E-state index is -0.557. The molecule has 186 valence electrons. The highest BCUT2D eigenvalue weighted by atomic mass is 16.7. The predicted molar refractivity (Wildman–Crippen MR) is 138 cm³/mol. The second-order valence-corrected chi connectivity index (χ2v) is 9.60. The van der Waals surface area contributed by atoms with Crippen LogP contribution in [0.2, 0.25) is 0 Å². The van der Waals surface area contributed by atoms with Crippen molar-refractivity contribution in [2.75, 3.05) is 6.79 Å². The summed E-state index contributed by atoms with van der Waals surface area (Å²) in [6, 6.07) is 25.3. The van der Waals surface area contributed by atoms with Gasteiger partial charge >= 0.3 is 5.97 Å². The van der Waals surface area contributed by atoms with Crippen molar-refractivity contribution in [1.82, 2.24) is 5.32 Å². The van der Waals surface area contributed by atoms with E-state index in [1.807, 2.05) is 73.7 Å². The molecule has 0 spiro atoms. The third kappa shape index (κ3) is 4.40. The van der Waals surface area contributed by atoms with Gasteiger partial charge in [0.25, 0.3) is 0 Å². The molecule has 1 aliphatic carbocycles. The number of rotatable bonds is 5. The number of carbonyl (C=O) groups is 2. The number of allylic oxidation sites excluding steroid dienone is 3. The summed E-state index contributed by atoms with van der Waals surface area (Å²) in [5.41, 5.74) is 5.47. The molecule has 6 nitrogen and oxygen atoms in total. The highest BCUT2D eigenvalue weighted by Crippen LogP contribution is 2.47. The largest absolute Gasteiger partial charge is 0.457 e. The van der Waals surface area contributed by atoms with Gasteiger partial charge in [-0.3, -0.25) is 4.79 Å². The minimum Gasteiger partial charge on any atom is -0.457 e. The molecule has 0 fully saturated rings. The maximum Gasteiger partial charge on any atom is 0.337 e. The topological polar surface area (TPSA) is 73.9 Å². The van der Waals surface area contributed by atoms with E-state index in [-0.39, 0.29) is 25.1 Å². The Morgan fingerprint density at radius 3 is 2.43 bits per heavy atom. The monoisotopic (exact) mass is 493 g/mol. The van der Waals surface area contributed by atoms with Crippen molar-refractivity contribution in [2.45, 2.75) is 38.2 Å². The Labute approximate surface area is 215 Å². The molecule has 3 aliphatic rings. The fraction of sp³-hybridized carbons (Fsp3) is 0.226. The number of esters is 1. The zero-order chi connectivity index (χ0) is 25.4. The van der Waals surface area contributed by atoms with E-state index in [1.165, 1.54) is 0 Å². The van der Waals surface area contributed by atoms with Crippen LogP contribution in [-0.4, -0.2) is 18.5 Å². The van der Waals surface area contributed by atoms with Crippen molar-refractivity contribution in [2.24, 2.45) is 0 Å². The first-order valence-corrected chi connectivity index (χ1v) is 12.5. The van der Waals surface area contributed by atoms with E-state index < -0.39 is 11.9 Å². The van der Waals surface area contributed by atoms with Gasteiger partial charge in [-0.15, -0.1) is 0 Å². The molecule has 6 heteroatoms. The van der Waals surface area contributed by atoms with E-state index in [0.717, 1.165) is 22.4 Å². The normalized spacial score (nSPS) is 20.4. The van der Waals surface area contributed by atoms with Crippen LogP contribution in [0.4, 0.5) is 0 Å². The van der Waals surface area contributed by atoms with Gasteiger partial charge in [0, 0.05) is 29.3 Å². The summed E-state index contributed by atoms with van der Waals surface area (Å²) in [6.45, 7) is 2.18. The van der Waals surface area contributed by atoms with Crippen LogP contribution in [0.5, 0.6) is 11.5 Å². The first-order chi connectivity index (χ1) is 18.1. The van der Waals surface area contributed by atoms with Crippen molar-refractivity contribution < 1.29 is 23.8 Å². The molecule has 0 radical (unpaired) electrons. The van der Waals surface area contributed by atoms with Crippen molar-refractivity contribution in [1.29, 1.82) is 0 Å². The summed E-state index contributed by atoms with van der Waals surface area (Å²) < 4.78 is 16.9. The SMILES string of the molecule is CC1=C(C(=O)OCc2ccccc2)[C@@H](c2ccc3c(c2)OCO3)C2=C(C[C@@H](c3ccccc3)CC2=O)N1. The van der Waals surface area contributed by atoms with E-state index in [9.17, 15) is 9.59 Å². The van der Waals surface area contributed by atoms with Crippen LogP contribution in [-0.2, 0) is 20.9 Å². The fourth-order valence-electron chi connectivity index (χ4n) is 5.50. The number of Topliss-reactive ketones (excluding diaryl/α,β-unsaturated/α-hetero) is 1. The lowest BCUT2D eigenvalue weighted by molar-refractivity contribution is -0.140. The van der Waals surface area contributed by atoms with Gasteiger partial charge in [-0.05, 0) is 48.1 Å². The summed E-state index contributed by atoms with van der Waals surface area (Å²) in [5.74, 6) is 0.375. The zero-order valence-electron chi connectivity index (χ0n) is 20.5. The molecule has 0 amide bonds. The molecule has 3 aromatic rings. The van der Waals surface area contributed by atoms with Gasteiger partial charge in [0.1, 0.15) is 6.61 Å². The van der Waals surface area contributed by atoms with Gasteiger partial charge in [-0.2, -0.15) is 0 Å². The lowest BCUT2D eigenvalue weighted by Crippen LogP contribution is -2.36. The molecular weight excluding hydrogens is 466 g/mol. The molecular formula is C31H27NO5. The Bertz CT molecular complexity index is 1420. The third-order valence-electron chi connectivity index (χ3n) is 7.26. The van der Waals surface area contributed by atoms with Crippen LogP contribution < -0.4 is 14.8 Å². The van der Waals surface area contributed by atoms with Crippen LogP contribution in [0.25, 0.3) is 0 Å². The lowest BCUT2D eigenvalue weighted by Gasteiger charge is -2.36. The summed E-state index contributed by atoms with van der Waals surface area (Å²) in [4.78, 5) is 27.3. The van der Waals surface area contributed by atoms with Crippen LogP contribution >= 0.6 is 0 Å². The second-order valence-electron chi connectivity index (χ2n) is 9.60. The van der Waals surface area contributed by atoms with Gasteiger partial charge in [0.15, 0.2) is 17.3 Å². The molecule has 0 aromatic heterocycles. The zero-order valence-corrected chi connectivity index (χ0v) is 20.5. The molecule has 0 unspecified atom stereocenters. The van der Waals surface area contributed by atoms with E-state index in [2.05, 4.69) is 17.4 Å². The highest BCUT2D eigenvalue weighted by molar-refractivity contribution is 6.04. The average Bonchev–Trinajstić information content (AvgIpc) is 3.40. The van der Waals surface area contributed by atoms with Crippen LogP contribution in [0.3, 0.4) is 0 Å². The molecule has 2 atom stereocenters. The van der Waals surface area contributed by atoms with Crippen LogP contribution in [0.1, 0.15) is 48.3 Å². The molecule has 2 aliphatic heterocycles. The molecule has 3 aromatic carbocycles. The molecule has 0 saturated carbocycles. The number of nitrogens with one attached hydrogen (secondary N) is 1. The van der Waals surface area contributed by atoms with Crippen LogP contribution in [0.15, 0.2) is 101 Å². The number of ketones is 1. The summed E-state index contributed by atoms with van der Waals surface area (Å²) >= 11 is 0.